The first-order chi connectivity index (χ1) is 16.0. The highest BCUT2D eigenvalue weighted by Crippen LogP contribution is 2.38. The molecule has 3 heterocycles. The van der Waals surface area contributed by atoms with Gasteiger partial charge < -0.3 is 29.3 Å². The van der Waals surface area contributed by atoms with Gasteiger partial charge in [0.2, 0.25) is 11.7 Å². The van der Waals surface area contributed by atoms with E-state index in [9.17, 15) is 9.59 Å². The molecule has 10 nitrogen and oxygen atoms in total. The number of benzene rings is 1. The van der Waals surface area contributed by atoms with Gasteiger partial charge in [-0.25, -0.2) is 9.97 Å². The van der Waals surface area contributed by atoms with Crippen molar-refractivity contribution in [2.45, 2.75) is 0 Å². The van der Waals surface area contributed by atoms with Crippen LogP contribution in [0.2, 0.25) is 0 Å². The summed E-state index contributed by atoms with van der Waals surface area (Å²) in [5.41, 5.74) is 1.19. The molecule has 0 atom stereocenters. The Hall–Kier alpha value is -3.60. The second-order valence-corrected chi connectivity index (χ2v) is 8.24. The number of ether oxygens (including phenoxy) is 3. The largest absolute Gasteiger partial charge is 0.493 e. The summed E-state index contributed by atoms with van der Waals surface area (Å²) in [5, 5.41) is 3.59. The highest BCUT2D eigenvalue weighted by Gasteiger charge is 2.24. The molecule has 0 spiro atoms. The molecule has 3 aromatic rings. The Labute approximate surface area is 195 Å². The highest BCUT2D eigenvalue weighted by molar-refractivity contribution is 7.21. The lowest BCUT2D eigenvalue weighted by molar-refractivity contribution is -0.130. The van der Waals surface area contributed by atoms with Crippen LogP contribution in [0.15, 0.2) is 30.5 Å². The number of methoxy groups -OCH3 is 3. The predicted molar refractivity (Wildman–Crippen MR) is 125 cm³/mol. The summed E-state index contributed by atoms with van der Waals surface area (Å²) in [6.07, 6.45) is 1.76. The number of thiazole rings is 1. The molecule has 4 rings (SSSR count). The quantitative estimate of drug-likeness (QED) is 0.556. The Morgan fingerprint density at radius 1 is 1.06 bits per heavy atom. The first-order valence-electron chi connectivity index (χ1n) is 10.4. The van der Waals surface area contributed by atoms with E-state index in [2.05, 4.69) is 20.2 Å². The van der Waals surface area contributed by atoms with E-state index in [0.29, 0.717) is 49.0 Å². The second-order valence-electron chi connectivity index (χ2n) is 7.29. The number of hydrogen-bond donors (Lipinski definition) is 1. The maximum absolute atomic E-state index is 12.7. The topological polar surface area (TPSA) is 106 Å². The van der Waals surface area contributed by atoms with Crippen molar-refractivity contribution in [2.24, 2.45) is 0 Å². The van der Waals surface area contributed by atoms with Crippen molar-refractivity contribution in [3.05, 3.63) is 36.0 Å². The number of pyridine rings is 1. The van der Waals surface area contributed by atoms with Crippen LogP contribution < -0.4 is 24.4 Å². The average molecular weight is 472 g/mol. The highest BCUT2D eigenvalue weighted by atomic mass is 32.1. The fourth-order valence-electron chi connectivity index (χ4n) is 3.62. The fraction of sp³-hybridized carbons (Fsp3) is 0.364. The normalized spacial score (nSPS) is 13.7. The Kier molecular flexibility index (Phi) is 6.78. The molecular weight excluding hydrogens is 446 g/mol. The van der Waals surface area contributed by atoms with Gasteiger partial charge in [-0.05, 0) is 24.3 Å². The van der Waals surface area contributed by atoms with Gasteiger partial charge in [-0.2, -0.15) is 0 Å². The molecule has 1 N–H and O–H groups in total. The molecule has 11 heteroatoms. The van der Waals surface area contributed by atoms with E-state index in [1.807, 2.05) is 12.1 Å². The Morgan fingerprint density at radius 3 is 2.36 bits per heavy atom. The van der Waals surface area contributed by atoms with Crippen LogP contribution in [0.25, 0.3) is 10.3 Å². The van der Waals surface area contributed by atoms with Crippen LogP contribution in [0.1, 0.15) is 10.4 Å². The summed E-state index contributed by atoms with van der Waals surface area (Å²) in [5.74, 6) is 0.600. The third kappa shape index (κ3) is 4.77. The monoisotopic (exact) mass is 471 g/mol. The summed E-state index contributed by atoms with van der Waals surface area (Å²) in [7, 11) is 4.45. The molecular formula is C22H25N5O5S. The molecule has 0 bridgehead atoms. The molecule has 0 unspecified atom stereocenters. The molecule has 2 aromatic heterocycles. The predicted octanol–water partition coefficient (Wildman–Crippen LogP) is 1.80. The van der Waals surface area contributed by atoms with Crippen LogP contribution in [-0.4, -0.2) is 80.7 Å². The Morgan fingerprint density at radius 2 is 1.76 bits per heavy atom. The van der Waals surface area contributed by atoms with E-state index in [1.165, 1.54) is 21.3 Å². The number of carbonyl (C=O) groups is 2. The number of carbonyl (C=O) groups excluding carboxylic acids is 2. The van der Waals surface area contributed by atoms with E-state index in [4.69, 9.17) is 14.2 Å². The van der Waals surface area contributed by atoms with Gasteiger partial charge in [0.1, 0.15) is 10.3 Å². The zero-order valence-electron chi connectivity index (χ0n) is 18.7. The summed E-state index contributed by atoms with van der Waals surface area (Å²) in [4.78, 5) is 39.1. The summed E-state index contributed by atoms with van der Waals surface area (Å²) >= 11 is 1.55. The maximum atomic E-state index is 12.7. The van der Waals surface area contributed by atoms with Crippen molar-refractivity contribution in [1.82, 2.24) is 20.2 Å². The van der Waals surface area contributed by atoms with E-state index in [0.717, 1.165) is 15.5 Å². The van der Waals surface area contributed by atoms with Crippen LogP contribution in [0.4, 0.5) is 5.13 Å². The first-order valence-corrected chi connectivity index (χ1v) is 11.2. The van der Waals surface area contributed by atoms with E-state index >= 15 is 0 Å². The zero-order valence-corrected chi connectivity index (χ0v) is 19.5. The van der Waals surface area contributed by atoms with Gasteiger partial charge in [0.05, 0.1) is 27.9 Å². The lowest BCUT2D eigenvalue weighted by Crippen LogP contribution is -2.51. The summed E-state index contributed by atoms with van der Waals surface area (Å²) < 4.78 is 15.8. The van der Waals surface area contributed by atoms with Crippen molar-refractivity contribution in [1.29, 1.82) is 0 Å². The zero-order chi connectivity index (χ0) is 23.4. The molecule has 0 aliphatic carbocycles. The van der Waals surface area contributed by atoms with Gasteiger partial charge in [-0.1, -0.05) is 11.3 Å². The Bertz CT molecular complexity index is 1100. The van der Waals surface area contributed by atoms with E-state index < -0.39 is 5.91 Å². The van der Waals surface area contributed by atoms with Gasteiger partial charge in [-0.3, -0.25) is 9.59 Å². The first kappa shape index (κ1) is 22.6. The number of rotatable bonds is 7. The third-order valence-electron chi connectivity index (χ3n) is 5.39. The van der Waals surface area contributed by atoms with Crippen molar-refractivity contribution in [3.63, 3.8) is 0 Å². The number of amides is 2. The van der Waals surface area contributed by atoms with E-state index in [-0.39, 0.29) is 12.5 Å². The van der Waals surface area contributed by atoms with Crippen molar-refractivity contribution >= 4 is 38.6 Å². The van der Waals surface area contributed by atoms with Crippen molar-refractivity contribution in [3.8, 4) is 17.2 Å². The van der Waals surface area contributed by atoms with E-state index in [1.54, 1.807) is 34.6 Å². The van der Waals surface area contributed by atoms with Gasteiger partial charge in [0.15, 0.2) is 16.6 Å². The average Bonchev–Trinajstić information content (AvgIpc) is 3.30. The molecule has 1 saturated heterocycles. The molecule has 1 fully saturated rings. The van der Waals surface area contributed by atoms with Crippen molar-refractivity contribution in [2.75, 3.05) is 59.0 Å². The fourth-order valence-corrected chi connectivity index (χ4v) is 4.58. The number of aromatic nitrogens is 2. The lowest BCUT2D eigenvalue weighted by Gasteiger charge is -2.34. The van der Waals surface area contributed by atoms with Gasteiger partial charge in [-0.15, -0.1) is 0 Å². The number of nitrogens with zero attached hydrogens (tertiary/aromatic N) is 4. The molecule has 33 heavy (non-hydrogen) atoms. The SMILES string of the molecule is COc1cc(C(=O)NCC(=O)N2CCN(c3nc4cccnc4s3)CC2)cc(OC)c1OC. The van der Waals surface area contributed by atoms with Crippen LogP contribution in [0, 0.1) is 0 Å². The smallest absolute Gasteiger partial charge is 0.251 e. The number of piperazine rings is 1. The molecule has 174 valence electrons. The standard InChI is InChI=1S/C22H25N5O5S/c1-30-16-11-14(12-17(31-2)19(16)32-3)20(29)24-13-18(28)26-7-9-27(10-8-26)22-25-15-5-4-6-23-21(15)33-22/h4-6,11-12H,7-10,13H2,1-3H3,(H,24,29). The third-order valence-corrected chi connectivity index (χ3v) is 6.43. The number of hydrogen-bond acceptors (Lipinski definition) is 9. The number of fused-ring (bicyclic) bond motifs is 1. The molecule has 2 amide bonds. The van der Waals surface area contributed by atoms with Crippen LogP contribution in [0.3, 0.4) is 0 Å². The molecule has 1 aliphatic heterocycles. The van der Waals surface area contributed by atoms with Crippen molar-refractivity contribution < 1.29 is 23.8 Å². The molecule has 0 radical (unpaired) electrons. The van der Waals surface area contributed by atoms with Gasteiger partial charge in [0, 0.05) is 37.9 Å². The minimum Gasteiger partial charge on any atom is -0.493 e. The molecule has 1 aliphatic rings. The van der Waals surface area contributed by atoms with Crippen LogP contribution in [-0.2, 0) is 4.79 Å². The minimum atomic E-state index is -0.400. The van der Waals surface area contributed by atoms with Gasteiger partial charge in [0.25, 0.3) is 5.91 Å². The molecule has 0 saturated carbocycles. The van der Waals surface area contributed by atoms with Gasteiger partial charge >= 0.3 is 0 Å². The Balaban J connectivity index is 1.32. The minimum absolute atomic E-state index is 0.0967. The number of nitrogens with one attached hydrogen (secondary N) is 1. The summed E-state index contributed by atoms with van der Waals surface area (Å²) in [6.45, 7) is 2.36. The maximum Gasteiger partial charge on any atom is 0.251 e. The number of anilines is 1. The van der Waals surface area contributed by atoms with Crippen LogP contribution >= 0.6 is 11.3 Å². The second kappa shape index (κ2) is 9.90. The van der Waals surface area contributed by atoms with Crippen LogP contribution in [0.5, 0.6) is 17.2 Å². The summed E-state index contributed by atoms with van der Waals surface area (Å²) in [6, 6.07) is 6.91. The molecule has 1 aromatic carbocycles. The lowest BCUT2D eigenvalue weighted by atomic mass is 10.1.